The standard InChI is InChI=1S/C19H14F6N6O2/c1-9(14-29-15(10(2)32)31(30-14)17-26-4-3-5-27-17)28-16(33)11-6-12(18(20,21)22)8-13(7-11)19(23,24)25/h3-9H,1-2H3,(H,28,33). The van der Waals surface area contributed by atoms with Crippen LogP contribution in [0.3, 0.4) is 0 Å². The van der Waals surface area contributed by atoms with Gasteiger partial charge in [-0.25, -0.2) is 15.0 Å². The van der Waals surface area contributed by atoms with Crippen molar-refractivity contribution in [1.82, 2.24) is 30.0 Å². The molecular weight excluding hydrogens is 458 g/mol. The van der Waals surface area contributed by atoms with Gasteiger partial charge in [0.15, 0.2) is 11.6 Å². The lowest BCUT2D eigenvalue weighted by Gasteiger charge is -2.15. The van der Waals surface area contributed by atoms with E-state index in [1.807, 2.05) is 0 Å². The van der Waals surface area contributed by atoms with Gasteiger partial charge in [-0.15, -0.1) is 5.10 Å². The molecule has 0 aliphatic heterocycles. The van der Waals surface area contributed by atoms with Crippen molar-refractivity contribution >= 4 is 11.7 Å². The second-order valence-electron chi connectivity index (χ2n) is 6.80. The Morgan fingerprint density at radius 1 is 0.970 bits per heavy atom. The highest BCUT2D eigenvalue weighted by molar-refractivity contribution is 5.95. The molecule has 14 heteroatoms. The number of hydrogen-bond donors (Lipinski definition) is 1. The van der Waals surface area contributed by atoms with E-state index in [-0.39, 0.29) is 23.7 Å². The Morgan fingerprint density at radius 2 is 1.52 bits per heavy atom. The number of carbonyl (C=O) groups excluding carboxylic acids is 2. The van der Waals surface area contributed by atoms with E-state index in [0.717, 1.165) is 4.68 Å². The van der Waals surface area contributed by atoms with Gasteiger partial charge in [0, 0.05) is 24.9 Å². The Labute approximate surface area is 181 Å². The molecule has 8 nitrogen and oxygen atoms in total. The number of Topliss-reactive ketones (excluding diaryl/α,β-unsaturated/α-hetero) is 1. The van der Waals surface area contributed by atoms with Crippen LogP contribution in [0.2, 0.25) is 0 Å². The number of halogens is 6. The Bertz CT molecular complexity index is 1160. The number of carbonyl (C=O) groups is 2. The molecule has 2 aromatic heterocycles. The van der Waals surface area contributed by atoms with Crippen LogP contribution < -0.4 is 5.32 Å². The molecule has 0 aliphatic rings. The molecule has 0 aliphatic carbocycles. The fourth-order valence-electron chi connectivity index (χ4n) is 2.71. The summed E-state index contributed by atoms with van der Waals surface area (Å²) in [5.74, 6) is -2.07. The van der Waals surface area contributed by atoms with E-state index in [4.69, 9.17) is 0 Å². The van der Waals surface area contributed by atoms with Crippen molar-refractivity contribution in [3.8, 4) is 5.95 Å². The van der Waals surface area contributed by atoms with Crippen molar-refractivity contribution in [2.75, 3.05) is 0 Å². The molecule has 1 unspecified atom stereocenters. The average Bonchev–Trinajstić information content (AvgIpc) is 3.19. The normalized spacial score (nSPS) is 13.0. The van der Waals surface area contributed by atoms with Gasteiger partial charge in [-0.3, -0.25) is 9.59 Å². The van der Waals surface area contributed by atoms with Gasteiger partial charge in [-0.2, -0.15) is 31.0 Å². The molecule has 0 spiro atoms. The van der Waals surface area contributed by atoms with Crippen molar-refractivity contribution in [3.05, 3.63) is 65.0 Å². The fraction of sp³-hybridized carbons (Fsp3) is 0.263. The van der Waals surface area contributed by atoms with Crippen LogP contribution in [0.25, 0.3) is 5.95 Å². The Kier molecular flexibility index (Phi) is 6.20. The van der Waals surface area contributed by atoms with Crippen LogP contribution in [-0.2, 0) is 12.4 Å². The SMILES string of the molecule is CC(=O)c1nc(C(C)NC(=O)c2cc(C(F)(F)F)cc(C(F)(F)F)c2)nn1-c1ncccn1. The molecule has 0 saturated carbocycles. The Balaban J connectivity index is 1.93. The summed E-state index contributed by atoms with van der Waals surface area (Å²) in [6.07, 6.45) is -7.45. The summed E-state index contributed by atoms with van der Waals surface area (Å²) in [4.78, 5) is 36.2. The number of aromatic nitrogens is 5. The van der Waals surface area contributed by atoms with Crippen LogP contribution in [0.4, 0.5) is 26.3 Å². The van der Waals surface area contributed by atoms with Gasteiger partial charge in [-0.05, 0) is 31.2 Å². The zero-order valence-corrected chi connectivity index (χ0v) is 16.9. The third-order valence-electron chi connectivity index (χ3n) is 4.26. The number of alkyl halides is 6. The monoisotopic (exact) mass is 472 g/mol. The molecule has 1 amide bonds. The third kappa shape index (κ3) is 5.32. The van der Waals surface area contributed by atoms with Crippen molar-refractivity contribution in [3.63, 3.8) is 0 Å². The minimum atomic E-state index is -5.10. The topological polar surface area (TPSA) is 103 Å². The van der Waals surface area contributed by atoms with Gasteiger partial charge in [0.05, 0.1) is 17.2 Å². The number of nitrogens with zero attached hydrogens (tertiary/aromatic N) is 5. The van der Waals surface area contributed by atoms with Crippen LogP contribution in [0.1, 0.15) is 57.8 Å². The van der Waals surface area contributed by atoms with Crippen LogP contribution in [-0.4, -0.2) is 36.4 Å². The first kappa shape index (κ1) is 23.8. The van der Waals surface area contributed by atoms with Gasteiger partial charge in [0.25, 0.3) is 11.9 Å². The smallest absolute Gasteiger partial charge is 0.342 e. The number of amides is 1. The molecule has 0 fully saturated rings. The van der Waals surface area contributed by atoms with Gasteiger partial charge in [0.2, 0.25) is 5.82 Å². The van der Waals surface area contributed by atoms with Crippen molar-refractivity contribution in [1.29, 1.82) is 0 Å². The summed E-state index contributed by atoms with van der Waals surface area (Å²) >= 11 is 0. The van der Waals surface area contributed by atoms with E-state index >= 15 is 0 Å². The number of hydrogen-bond acceptors (Lipinski definition) is 6. The molecule has 2 heterocycles. The van der Waals surface area contributed by atoms with E-state index in [2.05, 4.69) is 25.4 Å². The first-order valence-corrected chi connectivity index (χ1v) is 9.13. The van der Waals surface area contributed by atoms with Crippen LogP contribution in [0, 0.1) is 0 Å². The van der Waals surface area contributed by atoms with E-state index in [1.54, 1.807) is 0 Å². The maximum atomic E-state index is 13.0. The molecule has 3 rings (SSSR count). The number of ketones is 1. The Hall–Kier alpha value is -3.84. The maximum absolute atomic E-state index is 13.0. The quantitative estimate of drug-likeness (QED) is 0.448. The zero-order valence-electron chi connectivity index (χ0n) is 16.9. The van der Waals surface area contributed by atoms with Crippen LogP contribution >= 0.6 is 0 Å². The number of benzene rings is 1. The fourth-order valence-corrected chi connectivity index (χ4v) is 2.71. The van der Waals surface area contributed by atoms with Crippen molar-refractivity contribution < 1.29 is 35.9 Å². The number of nitrogens with one attached hydrogen (secondary N) is 1. The van der Waals surface area contributed by atoms with Gasteiger partial charge < -0.3 is 5.32 Å². The molecule has 0 bridgehead atoms. The average molecular weight is 472 g/mol. The number of rotatable bonds is 5. The highest BCUT2D eigenvalue weighted by Crippen LogP contribution is 2.36. The lowest BCUT2D eigenvalue weighted by Crippen LogP contribution is -2.28. The highest BCUT2D eigenvalue weighted by Gasteiger charge is 2.37. The lowest BCUT2D eigenvalue weighted by molar-refractivity contribution is -0.143. The minimum absolute atomic E-state index is 0.00678. The second-order valence-corrected chi connectivity index (χ2v) is 6.80. The first-order chi connectivity index (χ1) is 15.3. The van der Waals surface area contributed by atoms with Gasteiger partial charge >= 0.3 is 12.4 Å². The van der Waals surface area contributed by atoms with Crippen LogP contribution in [0.15, 0.2) is 36.7 Å². The molecule has 0 radical (unpaired) electrons. The molecule has 3 aromatic rings. The Morgan fingerprint density at radius 3 is 2.00 bits per heavy atom. The zero-order chi connectivity index (χ0) is 24.6. The van der Waals surface area contributed by atoms with Gasteiger partial charge in [0.1, 0.15) is 0 Å². The van der Waals surface area contributed by atoms with E-state index < -0.39 is 46.8 Å². The summed E-state index contributed by atoms with van der Waals surface area (Å²) in [5.41, 5.74) is -4.11. The summed E-state index contributed by atoms with van der Waals surface area (Å²) in [7, 11) is 0. The predicted octanol–water partition coefficient (Wildman–Crippen LogP) is 3.79. The lowest BCUT2D eigenvalue weighted by atomic mass is 10.0. The van der Waals surface area contributed by atoms with E-state index in [0.29, 0.717) is 12.1 Å². The molecule has 0 saturated heterocycles. The third-order valence-corrected chi connectivity index (χ3v) is 4.26. The van der Waals surface area contributed by atoms with Crippen molar-refractivity contribution in [2.45, 2.75) is 32.2 Å². The second kappa shape index (κ2) is 8.60. The van der Waals surface area contributed by atoms with Gasteiger partial charge in [-0.1, -0.05) is 0 Å². The summed E-state index contributed by atoms with van der Waals surface area (Å²) in [6, 6.07) is 0.957. The van der Waals surface area contributed by atoms with E-state index in [9.17, 15) is 35.9 Å². The largest absolute Gasteiger partial charge is 0.416 e. The molecule has 1 atom stereocenters. The van der Waals surface area contributed by atoms with Crippen LogP contribution in [0.5, 0.6) is 0 Å². The molecule has 1 N–H and O–H groups in total. The molecule has 33 heavy (non-hydrogen) atoms. The molecule has 174 valence electrons. The maximum Gasteiger partial charge on any atom is 0.416 e. The van der Waals surface area contributed by atoms with Crippen molar-refractivity contribution in [2.24, 2.45) is 0 Å². The summed E-state index contributed by atoms with van der Waals surface area (Å²) in [6.45, 7) is 2.53. The highest BCUT2D eigenvalue weighted by atomic mass is 19.4. The summed E-state index contributed by atoms with van der Waals surface area (Å²) < 4.78 is 79.3. The summed E-state index contributed by atoms with van der Waals surface area (Å²) in [5, 5.41) is 6.28. The van der Waals surface area contributed by atoms with E-state index in [1.165, 1.54) is 32.3 Å². The molecular formula is C19H14F6N6O2. The minimum Gasteiger partial charge on any atom is -0.342 e. The first-order valence-electron chi connectivity index (χ1n) is 9.13. The predicted molar refractivity (Wildman–Crippen MR) is 99.3 cm³/mol. The molecule has 1 aromatic carbocycles.